The Balaban J connectivity index is 1.68. The Morgan fingerprint density at radius 1 is 1.07 bits per heavy atom. The molecular weight excluding hydrogens is 408 g/mol. The number of nitrogens with zero attached hydrogens (tertiary/aromatic N) is 1. The number of alkyl halides is 4. The van der Waals surface area contributed by atoms with Gasteiger partial charge in [0.05, 0.1) is 12.8 Å². The molecule has 10 heteroatoms. The number of hydrazine groups is 1. The van der Waals surface area contributed by atoms with E-state index in [1.54, 1.807) is 31.4 Å². The lowest BCUT2D eigenvalue weighted by molar-refractivity contribution is -0.146. The molecule has 0 bridgehead atoms. The number of aliphatic hydroxyl groups is 1. The van der Waals surface area contributed by atoms with Crippen molar-refractivity contribution < 1.29 is 36.9 Å². The number of methoxy groups -OCH3 is 1. The van der Waals surface area contributed by atoms with Crippen molar-refractivity contribution in [3.8, 4) is 11.5 Å². The first kappa shape index (κ1) is 21.4. The second kappa shape index (κ2) is 8.62. The maximum atomic E-state index is 13.3. The minimum Gasteiger partial charge on any atom is -0.497 e. The number of ether oxygens (including phenoxy) is 2. The fourth-order valence-corrected chi connectivity index (χ4v) is 2.74. The summed E-state index contributed by atoms with van der Waals surface area (Å²) in [6, 6.07) is 12.6. The topological polar surface area (TPSA) is 71.0 Å². The van der Waals surface area contributed by atoms with Gasteiger partial charge in [-0.1, -0.05) is 12.1 Å². The standard InChI is InChI=1S/C20H18F4N2O4/c1-29-14-6-8-15(9-7-14)30-11-12-2-4-13(5-3-12)18(27)26-20(28,19(23)24)10-16(25-26)17(21)22/h2-10,17,19,25,28H,11H2,1H3. The second-order valence-electron chi connectivity index (χ2n) is 6.40. The SMILES string of the molecule is COc1ccc(OCc2ccc(C(=O)N3NC(C(F)F)=CC3(O)C(F)F)cc2)cc1. The number of rotatable bonds is 7. The van der Waals surface area contributed by atoms with Crippen LogP contribution in [0, 0.1) is 0 Å². The van der Waals surface area contributed by atoms with Crippen LogP contribution >= 0.6 is 0 Å². The highest BCUT2D eigenvalue weighted by Crippen LogP contribution is 2.31. The molecule has 0 radical (unpaired) electrons. The summed E-state index contributed by atoms with van der Waals surface area (Å²) in [5, 5.41) is 10.1. The summed E-state index contributed by atoms with van der Waals surface area (Å²) in [4.78, 5) is 12.5. The van der Waals surface area contributed by atoms with Crippen LogP contribution in [0.5, 0.6) is 11.5 Å². The molecule has 1 unspecified atom stereocenters. The van der Waals surface area contributed by atoms with Crippen molar-refractivity contribution in [2.45, 2.75) is 25.2 Å². The zero-order valence-electron chi connectivity index (χ0n) is 15.7. The maximum Gasteiger partial charge on any atom is 0.291 e. The second-order valence-corrected chi connectivity index (χ2v) is 6.40. The van der Waals surface area contributed by atoms with Crippen molar-refractivity contribution in [3.05, 3.63) is 71.4 Å². The predicted molar refractivity (Wildman–Crippen MR) is 98.1 cm³/mol. The van der Waals surface area contributed by atoms with Crippen LogP contribution in [0.1, 0.15) is 15.9 Å². The first-order chi connectivity index (χ1) is 14.2. The molecular formula is C20H18F4N2O4. The number of halogens is 4. The molecule has 1 aliphatic rings. The fourth-order valence-electron chi connectivity index (χ4n) is 2.74. The summed E-state index contributed by atoms with van der Waals surface area (Å²) >= 11 is 0. The molecule has 160 valence electrons. The summed E-state index contributed by atoms with van der Waals surface area (Å²) in [5.74, 6) is 0.172. The van der Waals surface area contributed by atoms with Crippen molar-refractivity contribution in [3.63, 3.8) is 0 Å². The predicted octanol–water partition coefficient (Wildman–Crippen LogP) is 3.34. The Bertz CT molecular complexity index is 919. The summed E-state index contributed by atoms with van der Waals surface area (Å²) in [7, 11) is 1.54. The van der Waals surface area contributed by atoms with E-state index in [-0.39, 0.29) is 23.3 Å². The minimum absolute atomic E-state index is 0.0845. The number of nitrogens with one attached hydrogen (secondary N) is 1. The molecule has 2 aromatic carbocycles. The van der Waals surface area contributed by atoms with E-state index < -0.39 is 30.2 Å². The number of carbonyl (C=O) groups is 1. The number of benzene rings is 2. The summed E-state index contributed by atoms with van der Waals surface area (Å²) in [6.07, 6.45) is -6.41. The number of amides is 1. The van der Waals surface area contributed by atoms with Gasteiger partial charge in [0.2, 0.25) is 5.72 Å². The minimum atomic E-state index is -3.50. The quantitative estimate of drug-likeness (QED) is 0.665. The molecule has 0 aromatic heterocycles. The van der Waals surface area contributed by atoms with E-state index in [0.29, 0.717) is 17.1 Å². The van der Waals surface area contributed by atoms with Crippen LogP contribution in [0.3, 0.4) is 0 Å². The number of hydrogen-bond acceptors (Lipinski definition) is 5. The molecule has 1 atom stereocenters. The van der Waals surface area contributed by atoms with Gasteiger partial charge in [0, 0.05) is 11.6 Å². The van der Waals surface area contributed by atoms with Gasteiger partial charge in [-0.25, -0.2) is 22.6 Å². The highest BCUT2D eigenvalue weighted by molar-refractivity contribution is 5.95. The molecule has 1 heterocycles. The molecule has 0 aliphatic carbocycles. The lowest BCUT2D eigenvalue weighted by Crippen LogP contribution is -2.56. The zero-order chi connectivity index (χ0) is 21.9. The Hall–Kier alpha value is -3.27. The van der Waals surface area contributed by atoms with Crippen molar-refractivity contribution in [2.24, 2.45) is 0 Å². The smallest absolute Gasteiger partial charge is 0.291 e. The van der Waals surface area contributed by atoms with Crippen molar-refractivity contribution in [2.75, 3.05) is 7.11 Å². The average Bonchev–Trinajstić information content (AvgIpc) is 3.12. The average molecular weight is 426 g/mol. The van der Waals surface area contributed by atoms with Crippen molar-refractivity contribution in [1.29, 1.82) is 0 Å². The molecule has 0 saturated heterocycles. The van der Waals surface area contributed by atoms with Gasteiger partial charge in [0.15, 0.2) is 0 Å². The third kappa shape index (κ3) is 4.33. The largest absolute Gasteiger partial charge is 0.497 e. The van der Waals surface area contributed by atoms with Crippen LogP contribution in [0.2, 0.25) is 0 Å². The highest BCUT2D eigenvalue weighted by Gasteiger charge is 2.51. The molecule has 0 spiro atoms. The highest BCUT2D eigenvalue weighted by atomic mass is 19.3. The number of carbonyl (C=O) groups excluding carboxylic acids is 1. The van der Waals surface area contributed by atoms with Crippen LogP contribution in [0.25, 0.3) is 0 Å². The first-order valence-electron chi connectivity index (χ1n) is 8.73. The van der Waals surface area contributed by atoms with Gasteiger partial charge in [-0.2, -0.15) is 0 Å². The van der Waals surface area contributed by atoms with Crippen LogP contribution < -0.4 is 14.9 Å². The molecule has 30 heavy (non-hydrogen) atoms. The van der Waals surface area contributed by atoms with Crippen molar-refractivity contribution >= 4 is 5.91 Å². The van der Waals surface area contributed by atoms with Gasteiger partial charge in [-0.05, 0) is 42.0 Å². The summed E-state index contributed by atoms with van der Waals surface area (Å²) < 4.78 is 62.9. The molecule has 3 rings (SSSR count). The Labute approximate surface area is 169 Å². The van der Waals surface area contributed by atoms with Gasteiger partial charge >= 0.3 is 0 Å². The van der Waals surface area contributed by atoms with E-state index in [9.17, 15) is 27.5 Å². The monoisotopic (exact) mass is 426 g/mol. The lowest BCUT2D eigenvalue weighted by Gasteiger charge is -2.31. The molecule has 1 amide bonds. The van der Waals surface area contributed by atoms with Gasteiger partial charge in [-0.15, -0.1) is 0 Å². The Morgan fingerprint density at radius 3 is 2.20 bits per heavy atom. The van der Waals surface area contributed by atoms with E-state index in [4.69, 9.17) is 9.47 Å². The van der Waals surface area contributed by atoms with E-state index in [1.807, 2.05) is 5.43 Å². The van der Waals surface area contributed by atoms with Crippen LogP contribution in [-0.2, 0) is 6.61 Å². The summed E-state index contributed by atoms with van der Waals surface area (Å²) in [5.41, 5.74) is -1.71. The van der Waals surface area contributed by atoms with E-state index >= 15 is 0 Å². The lowest BCUT2D eigenvalue weighted by atomic mass is 10.1. The van der Waals surface area contributed by atoms with Gasteiger partial charge < -0.3 is 14.6 Å². The number of allylic oxidation sites excluding steroid dienone is 1. The fraction of sp³-hybridized carbons (Fsp3) is 0.250. The van der Waals surface area contributed by atoms with Crippen LogP contribution in [0.4, 0.5) is 17.6 Å². The van der Waals surface area contributed by atoms with E-state index in [2.05, 4.69) is 0 Å². The molecule has 6 nitrogen and oxygen atoms in total. The van der Waals surface area contributed by atoms with Gasteiger partial charge in [0.1, 0.15) is 18.1 Å². The summed E-state index contributed by atoms with van der Waals surface area (Å²) in [6.45, 7) is 0.167. The van der Waals surface area contributed by atoms with Gasteiger partial charge in [0.25, 0.3) is 18.8 Å². The van der Waals surface area contributed by atoms with Crippen LogP contribution in [0.15, 0.2) is 60.3 Å². The van der Waals surface area contributed by atoms with Gasteiger partial charge in [-0.3, -0.25) is 10.2 Å². The van der Waals surface area contributed by atoms with Crippen molar-refractivity contribution in [1.82, 2.24) is 10.4 Å². The maximum absolute atomic E-state index is 13.3. The molecule has 1 aliphatic heterocycles. The third-order valence-electron chi connectivity index (χ3n) is 4.39. The first-order valence-corrected chi connectivity index (χ1v) is 8.73. The van der Waals surface area contributed by atoms with Crippen LogP contribution in [-0.4, -0.2) is 41.7 Å². The Kier molecular flexibility index (Phi) is 6.16. The zero-order valence-corrected chi connectivity index (χ0v) is 15.7. The molecule has 2 aromatic rings. The Morgan fingerprint density at radius 2 is 1.67 bits per heavy atom. The molecule has 0 fully saturated rings. The number of hydrogen-bond donors (Lipinski definition) is 2. The van der Waals surface area contributed by atoms with E-state index in [0.717, 1.165) is 0 Å². The van der Waals surface area contributed by atoms with E-state index in [1.165, 1.54) is 24.3 Å². The molecule has 0 saturated carbocycles. The molecule has 2 N–H and O–H groups in total. The third-order valence-corrected chi connectivity index (χ3v) is 4.39. The normalized spacial score (nSPS) is 18.4.